The van der Waals surface area contributed by atoms with Crippen LogP contribution in [0.25, 0.3) is 0 Å². The van der Waals surface area contributed by atoms with Crippen LogP contribution in [0.2, 0.25) is 0 Å². The summed E-state index contributed by atoms with van der Waals surface area (Å²) in [6.07, 6.45) is 8.57. The van der Waals surface area contributed by atoms with Crippen molar-refractivity contribution in [3.63, 3.8) is 0 Å². The topological polar surface area (TPSA) is 66.5 Å². The van der Waals surface area contributed by atoms with E-state index in [1.807, 2.05) is 24.3 Å². The van der Waals surface area contributed by atoms with Gasteiger partial charge in [0.2, 0.25) is 5.91 Å². The summed E-state index contributed by atoms with van der Waals surface area (Å²) in [6.45, 7) is 2.18. The van der Waals surface area contributed by atoms with Crippen molar-refractivity contribution in [3.05, 3.63) is 24.3 Å². The third-order valence-corrected chi connectivity index (χ3v) is 7.81. The van der Waals surface area contributed by atoms with Gasteiger partial charge < -0.3 is 10.2 Å². The number of carbonyl (C=O) groups is 1. The van der Waals surface area contributed by atoms with Gasteiger partial charge in [0.1, 0.15) is 0 Å². The Hall–Kier alpha value is -1.56. The Balaban J connectivity index is 1.49. The van der Waals surface area contributed by atoms with E-state index in [4.69, 9.17) is 0 Å². The molecule has 1 amide bonds. The first-order valence-electron chi connectivity index (χ1n) is 9.91. The Morgan fingerprint density at radius 2 is 1.58 bits per heavy atom. The molecule has 0 unspecified atom stereocenters. The second-order valence-electron chi connectivity index (χ2n) is 7.52. The van der Waals surface area contributed by atoms with E-state index >= 15 is 0 Å². The minimum Gasteiger partial charge on any atom is -0.372 e. The molecule has 0 spiro atoms. The van der Waals surface area contributed by atoms with Crippen molar-refractivity contribution in [2.75, 3.05) is 29.1 Å². The molecule has 1 saturated carbocycles. The molecule has 26 heavy (non-hydrogen) atoms. The number of rotatable bonds is 6. The molecule has 2 fully saturated rings. The van der Waals surface area contributed by atoms with E-state index < -0.39 is 9.84 Å². The van der Waals surface area contributed by atoms with Crippen molar-refractivity contribution in [1.29, 1.82) is 0 Å². The summed E-state index contributed by atoms with van der Waals surface area (Å²) in [4.78, 5) is 14.5. The first kappa shape index (κ1) is 19.2. The first-order valence-corrected chi connectivity index (χ1v) is 11.6. The van der Waals surface area contributed by atoms with Crippen molar-refractivity contribution < 1.29 is 13.2 Å². The Bertz CT molecular complexity index is 686. The number of amides is 1. The molecule has 1 N–H and O–H groups in total. The number of nitrogens with one attached hydrogen (secondary N) is 1. The summed E-state index contributed by atoms with van der Waals surface area (Å²) < 4.78 is 24.5. The Morgan fingerprint density at radius 3 is 2.19 bits per heavy atom. The highest BCUT2D eigenvalue weighted by molar-refractivity contribution is 7.92. The van der Waals surface area contributed by atoms with E-state index in [0.717, 1.165) is 44.5 Å². The van der Waals surface area contributed by atoms with Gasteiger partial charge in [-0.3, -0.25) is 4.79 Å². The van der Waals surface area contributed by atoms with Crippen LogP contribution in [0.5, 0.6) is 0 Å². The zero-order chi connectivity index (χ0) is 18.4. The van der Waals surface area contributed by atoms with Gasteiger partial charge in [-0.1, -0.05) is 25.7 Å². The highest BCUT2D eigenvalue weighted by Crippen LogP contribution is 2.26. The van der Waals surface area contributed by atoms with Crippen LogP contribution in [0, 0.1) is 0 Å². The lowest BCUT2D eigenvalue weighted by Gasteiger charge is -2.22. The van der Waals surface area contributed by atoms with Crippen LogP contribution in [0.15, 0.2) is 24.3 Å². The van der Waals surface area contributed by atoms with Crippen LogP contribution in [-0.4, -0.2) is 38.4 Å². The lowest BCUT2D eigenvalue weighted by Crippen LogP contribution is -2.25. The smallest absolute Gasteiger partial charge is 0.225 e. The van der Waals surface area contributed by atoms with Gasteiger partial charge in [-0.15, -0.1) is 0 Å². The van der Waals surface area contributed by atoms with Gasteiger partial charge in [0, 0.05) is 30.9 Å². The number of carbonyl (C=O) groups excluding carboxylic acids is 1. The number of hydrogen-bond acceptors (Lipinski definition) is 4. The van der Waals surface area contributed by atoms with Crippen LogP contribution in [0.4, 0.5) is 11.4 Å². The van der Waals surface area contributed by atoms with Crippen LogP contribution in [-0.2, 0) is 14.6 Å². The summed E-state index contributed by atoms with van der Waals surface area (Å²) in [7, 11) is -3.14. The molecule has 0 radical (unpaired) electrons. The molecule has 3 rings (SSSR count). The predicted molar refractivity (Wildman–Crippen MR) is 106 cm³/mol. The summed E-state index contributed by atoms with van der Waals surface area (Å²) >= 11 is 0. The molecule has 1 aromatic rings. The number of sulfone groups is 1. The minimum absolute atomic E-state index is 0.0344. The van der Waals surface area contributed by atoms with Gasteiger partial charge in [-0.2, -0.15) is 0 Å². The predicted octanol–water partition coefficient (Wildman–Crippen LogP) is 3.75. The van der Waals surface area contributed by atoms with E-state index in [1.165, 1.54) is 31.4 Å². The standard InChI is InChI=1S/C20H30N2O3S/c23-20(13-16-26(24,25)19-7-3-4-8-19)21-17-9-11-18(12-10-17)22-14-5-1-2-6-15-22/h9-12,19H,1-8,13-16H2,(H,21,23). The maximum absolute atomic E-state index is 12.3. The largest absolute Gasteiger partial charge is 0.372 e. The fourth-order valence-electron chi connectivity index (χ4n) is 3.96. The number of nitrogens with zero attached hydrogens (tertiary/aromatic N) is 1. The van der Waals surface area contributed by atoms with Crippen LogP contribution in [0.3, 0.4) is 0 Å². The van der Waals surface area contributed by atoms with Crippen molar-refractivity contribution in [1.82, 2.24) is 0 Å². The third-order valence-electron chi connectivity index (χ3n) is 5.55. The van der Waals surface area contributed by atoms with Gasteiger partial charge >= 0.3 is 0 Å². The molecule has 1 heterocycles. The molecule has 5 nitrogen and oxygen atoms in total. The quantitative estimate of drug-likeness (QED) is 0.819. The van der Waals surface area contributed by atoms with Crippen molar-refractivity contribution in [2.45, 2.75) is 63.0 Å². The molecular weight excluding hydrogens is 348 g/mol. The number of benzene rings is 1. The zero-order valence-electron chi connectivity index (χ0n) is 15.5. The lowest BCUT2D eigenvalue weighted by atomic mass is 10.2. The minimum atomic E-state index is -3.14. The average Bonchev–Trinajstić information content (AvgIpc) is 3.05. The van der Waals surface area contributed by atoms with E-state index in [1.54, 1.807) is 0 Å². The highest BCUT2D eigenvalue weighted by atomic mass is 32.2. The summed E-state index contributed by atoms with van der Waals surface area (Å²) in [5, 5.41) is 2.59. The molecule has 2 aliphatic rings. The molecule has 144 valence electrons. The molecule has 1 aliphatic carbocycles. The van der Waals surface area contributed by atoms with Crippen molar-refractivity contribution in [3.8, 4) is 0 Å². The van der Waals surface area contributed by atoms with Crippen molar-refractivity contribution >= 4 is 27.1 Å². The van der Waals surface area contributed by atoms with Gasteiger partial charge in [-0.05, 0) is 49.9 Å². The molecule has 1 saturated heterocycles. The molecule has 1 aliphatic heterocycles. The average molecular weight is 379 g/mol. The molecule has 0 aromatic heterocycles. The first-order chi connectivity index (χ1) is 12.5. The second kappa shape index (κ2) is 8.89. The van der Waals surface area contributed by atoms with Gasteiger partial charge in [0.05, 0.1) is 11.0 Å². The van der Waals surface area contributed by atoms with E-state index in [2.05, 4.69) is 10.2 Å². The van der Waals surface area contributed by atoms with Crippen molar-refractivity contribution in [2.24, 2.45) is 0 Å². The van der Waals surface area contributed by atoms with E-state index in [0.29, 0.717) is 0 Å². The second-order valence-corrected chi connectivity index (χ2v) is 9.92. The molecule has 6 heteroatoms. The Morgan fingerprint density at radius 1 is 0.962 bits per heavy atom. The number of anilines is 2. The monoisotopic (exact) mass is 378 g/mol. The Labute approximate surface area is 157 Å². The lowest BCUT2D eigenvalue weighted by molar-refractivity contribution is -0.115. The maximum Gasteiger partial charge on any atom is 0.225 e. The van der Waals surface area contributed by atoms with E-state index in [-0.39, 0.29) is 23.3 Å². The van der Waals surface area contributed by atoms with E-state index in [9.17, 15) is 13.2 Å². The molecular formula is C20H30N2O3S. The maximum atomic E-state index is 12.3. The van der Waals surface area contributed by atoms with Gasteiger partial charge in [-0.25, -0.2) is 8.42 Å². The highest BCUT2D eigenvalue weighted by Gasteiger charge is 2.28. The molecule has 0 atom stereocenters. The van der Waals surface area contributed by atoms with Gasteiger partial charge in [0.15, 0.2) is 9.84 Å². The third kappa shape index (κ3) is 5.22. The normalized spacial score (nSPS) is 19.3. The fraction of sp³-hybridized carbons (Fsp3) is 0.650. The van der Waals surface area contributed by atoms with Crippen LogP contribution >= 0.6 is 0 Å². The van der Waals surface area contributed by atoms with Gasteiger partial charge in [0.25, 0.3) is 0 Å². The SMILES string of the molecule is O=C(CCS(=O)(=O)C1CCCC1)Nc1ccc(N2CCCCCC2)cc1. The summed E-state index contributed by atoms with van der Waals surface area (Å²) in [6, 6.07) is 7.89. The summed E-state index contributed by atoms with van der Waals surface area (Å²) in [5.41, 5.74) is 1.92. The zero-order valence-corrected chi connectivity index (χ0v) is 16.3. The molecule has 1 aromatic carbocycles. The van der Waals surface area contributed by atoms with Crippen LogP contribution < -0.4 is 10.2 Å². The number of hydrogen-bond donors (Lipinski definition) is 1. The summed E-state index contributed by atoms with van der Waals surface area (Å²) in [5.74, 6) is -0.274. The fourth-order valence-corrected chi connectivity index (χ4v) is 5.81. The van der Waals surface area contributed by atoms with Crippen LogP contribution in [0.1, 0.15) is 57.8 Å². The molecule has 0 bridgehead atoms. The Kier molecular flexibility index (Phi) is 6.57.